The molecule has 0 radical (unpaired) electrons. The highest BCUT2D eigenvalue weighted by molar-refractivity contribution is 5.94. The standard InChI is InChI=1S/C16H13F4NO2/c17-14-4-2-1-3-11(14)9-10-21-15(22)12-5-7-13(8-6-12)23-16(18,19)20/h1-8H,9-10H2,(H,21,22). The molecule has 0 saturated carbocycles. The van der Waals surface area contributed by atoms with Gasteiger partial charge in [0, 0.05) is 12.1 Å². The number of rotatable bonds is 5. The van der Waals surface area contributed by atoms with Crippen molar-refractivity contribution in [2.75, 3.05) is 6.54 Å². The Morgan fingerprint density at radius 1 is 1.04 bits per heavy atom. The van der Waals surface area contributed by atoms with Crippen LogP contribution in [0.15, 0.2) is 48.5 Å². The van der Waals surface area contributed by atoms with Crippen molar-refractivity contribution in [3.8, 4) is 5.75 Å². The fraction of sp³-hybridized carbons (Fsp3) is 0.188. The van der Waals surface area contributed by atoms with Crippen molar-refractivity contribution in [2.24, 2.45) is 0 Å². The topological polar surface area (TPSA) is 38.3 Å². The fourth-order valence-electron chi connectivity index (χ4n) is 1.92. The van der Waals surface area contributed by atoms with Crippen LogP contribution < -0.4 is 10.1 Å². The van der Waals surface area contributed by atoms with Crippen molar-refractivity contribution >= 4 is 5.91 Å². The van der Waals surface area contributed by atoms with E-state index in [0.717, 1.165) is 12.1 Å². The maximum Gasteiger partial charge on any atom is 0.573 e. The number of hydrogen-bond donors (Lipinski definition) is 1. The predicted octanol–water partition coefficient (Wildman–Crippen LogP) is 3.70. The van der Waals surface area contributed by atoms with Gasteiger partial charge in [0.1, 0.15) is 11.6 Å². The monoisotopic (exact) mass is 327 g/mol. The lowest BCUT2D eigenvalue weighted by atomic mass is 10.1. The first-order chi connectivity index (χ1) is 10.8. The minimum Gasteiger partial charge on any atom is -0.406 e. The molecule has 0 aliphatic carbocycles. The molecule has 2 rings (SSSR count). The molecular formula is C16H13F4NO2. The number of hydrogen-bond acceptors (Lipinski definition) is 2. The van der Waals surface area contributed by atoms with E-state index in [1.54, 1.807) is 18.2 Å². The molecular weight excluding hydrogens is 314 g/mol. The van der Waals surface area contributed by atoms with Gasteiger partial charge in [-0.25, -0.2) is 4.39 Å². The zero-order valence-electron chi connectivity index (χ0n) is 11.9. The van der Waals surface area contributed by atoms with Gasteiger partial charge >= 0.3 is 6.36 Å². The number of halogens is 4. The third-order valence-corrected chi connectivity index (χ3v) is 2.99. The molecule has 7 heteroatoms. The largest absolute Gasteiger partial charge is 0.573 e. The van der Waals surface area contributed by atoms with Gasteiger partial charge in [-0.15, -0.1) is 13.2 Å². The van der Waals surface area contributed by atoms with Crippen LogP contribution in [0.1, 0.15) is 15.9 Å². The van der Waals surface area contributed by atoms with Crippen LogP contribution in [0.5, 0.6) is 5.75 Å². The predicted molar refractivity (Wildman–Crippen MR) is 75.6 cm³/mol. The molecule has 1 amide bonds. The number of carbonyl (C=O) groups is 1. The fourth-order valence-corrected chi connectivity index (χ4v) is 1.92. The molecule has 0 bridgehead atoms. The molecule has 0 aromatic heterocycles. The first-order valence-corrected chi connectivity index (χ1v) is 6.72. The molecule has 0 aliphatic rings. The van der Waals surface area contributed by atoms with E-state index >= 15 is 0 Å². The number of carbonyl (C=O) groups excluding carboxylic acids is 1. The van der Waals surface area contributed by atoms with E-state index in [0.29, 0.717) is 12.0 Å². The molecule has 0 spiro atoms. The summed E-state index contributed by atoms with van der Waals surface area (Å²) >= 11 is 0. The number of ether oxygens (including phenoxy) is 1. The maximum atomic E-state index is 13.4. The SMILES string of the molecule is O=C(NCCc1ccccc1F)c1ccc(OC(F)(F)F)cc1. The average Bonchev–Trinajstić information content (AvgIpc) is 2.48. The van der Waals surface area contributed by atoms with Crippen molar-refractivity contribution in [1.82, 2.24) is 5.32 Å². The maximum absolute atomic E-state index is 13.4. The van der Waals surface area contributed by atoms with Crippen LogP contribution in [-0.2, 0) is 6.42 Å². The molecule has 0 saturated heterocycles. The summed E-state index contributed by atoms with van der Waals surface area (Å²) in [4.78, 5) is 11.8. The van der Waals surface area contributed by atoms with E-state index in [2.05, 4.69) is 10.1 Å². The van der Waals surface area contributed by atoms with Crippen LogP contribution in [-0.4, -0.2) is 18.8 Å². The molecule has 0 heterocycles. The third-order valence-electron chi connectivity index (χ3n) is 2.99. The van der Waals surface area contributed by atoms with Crippen LogP contribution in [0.4, 0.5) is 17.6 Å². The van der Waals surface area contributed by atoms with Crippen molar-refractivity contribution in [1.29, 1.82) is 0 Å². The van der Waals surface area contributed by atoms with Crippen LogP contribution in [0, 0.1) is 5.82 Å². The highest BCUT2D eigenvalue weighted by atomic mass is 19.4. The van der Waals surface area contributed by atoms with Gasteiger partial charge in [-0.1, -0.05) is 18.2 Å². The van der Waals surface area contributed by atoms with Gasteiger partial charge in [0.25, 0.3) is 5.91 Å². The van der Waals surface area contributed by atoms with Gasteiger partial charge in [0.2, 0.25) is 0 Å². The Morgan fingerprint density at radius 2 is 1.70 bits per heavy atom. The molecule has 0 atom stereocenters. The summed E-state index contributed by atoms with van der Waals surface area (Å²) in [5, 5.41) is 2.57. The first-order valence-electron chi connectivity index (χ1n) is 6.72. The Balaban J connectivity index is 1.87. The lowest BCUT2D eigenvalue weighted by Crippen LogP contribution is -2.26. The van der Waals surface area contributed by atoms with Crippen LogP contribution in [0.2, 0.25) is 0 Å². The summed E-state index contributed by atoms with van der Waals surface area (Å²) in [6, 6.07) is 10.8. The summed E-state index contributed by atoms with van der Waals surface area (Å²) in [5.41, 5.74) is 0.662. The van der Waals surface area contributed by atoms with E-state index in [-0.39, 0.29) is 17.9 Å². The summed E-state index contributed by atoms with van der Waals surface area (Å²) in [6.07, 6.45) is -4.46. The zero-order valence-corrected chi connectivity index (χ0v) is 11.9. The number of nitrogens with one attached hydrogen (secondary N) is 1. The zero-order chi connectivity index (χ0) is 16.9. The van der Waals surface area contributed by atoms with Crippen LogP contribution >= 0.6 is 0 Å². The Kier molecular flexibility index (Phi) is 5.20. The van der Waals surface area contributed by atoms with Gasteiger partial charge < -0.3 is 10.1 Å². The van der Waals surface area contributed by atoms with Crippen LogP contribution in [0.25, 0.3) is 0 Å². The van der Waals surface area contributed by atoms with E-state index < -0.39 is 18.0 Å². The lowest BCUT2D eigenvalue weighted by Gasteiger charge is -2.09. The molecule has 2 aromatic carbocycles. The molecule has 23 heavy (non-hydrogen) atoms. The highest BCUT2D eigenvalue weighted by Crippen LogP contribution is 2.22. The Morgan fingerprint density at radius 3 is 2.30 bits per heavy atom. The molecule has 0 fully saturated rings. The van der Waals surface area contributed by atoms with Crippen molar-refractivity contribution in [3.05, 3.63) is 65.5 Å². The summed E-state index contributed by atoms with van der Waals surface area (Å²) < 4.78 is 53.2. The number of benzene rings is 2. The smallest absolute Gasteiger partial charge is 0.406 e. The summed E-state index contributed by atoms with van der Waals surface area (Å²) in [7, 11) is 0. The van der Waals surface area contributed by atoms with Crippen molar-refractivity contribution < 1.29 is 27.1 Å². The Hall–Kier alpha value is -2.57. The Bertz CT molecular complexity index is 669. The molecule has 3 nitrogen and oxygen atoms in total. The normalized spacial score (nSPS) is 11.1. The van der Waals surface area contributed by atoms with E-state index in [4.69, 9.17) is 0 Å². The second-order valence-electron chi connectivity index (χ2n) is 4.67. The molecule has 1 N–H and O–H groups in total. The quantitative estimate of drug-likeness (QED) is 0.851. The summed E-state index contributed by atoms with van der Waals surface area (Å²) in [6.45, 7) is 0.209. The lowest BCUT2D eigenvalue weighted by molar-refractivity contribution is -0.274. The summed E-state index contributed by atoms with van der Waals surface area (Å²) in [5.74, 6) is -1.21. The van der Waals surface area contributed by atoms with Crippen molar-refractivity contribution in [3.63, 3.8) is 0 Å². The minimum absolute atomic E-state index is 0.188. The first kappa shape index (κ1) is 16.8. The van der Waals surface area contributed by atoms with Gasteiger partial charge in [0.15, 0.2) is 0 Å². The van der Waals surface area contributed by atoms with E-state index in [9.17, 15) is 22.4 Å². The van der Waals surface area contributed by atoms with Gasteiger partial charge in [-0.05, 0) is 42.3 Å². The van der Waals surface area contributed by atoms with Gasteiger partial charge in [0.05, 0.1) is 0 Å². The Labute approximate surface area is 129 Å². The molecule has 0 aliphatic heterocycles. The minimum atomic E-state index is -4.77. The van der Waals surface area contributed by atoms with Crippen LogP contribution in [0.3, 0.4) is 0 Å². The van der Waals surface area contributed by atoms with Gasteiger partial charge in [-0.3, -0.25) is 4.79 Å². The molecule has 2 aromatic rings. The van der Waals surface area contributed by atoms with Crippen molar-refractivity contribution in [2.45, 2.75) is 12.8 Å². The second-order valence-corrected chi connectivity index (χ2v) is 4.67. The number of alkyl halides is 3. The van der Waals surface area contributed by atoms with Gasteiger partial charge in [-0.2, -0.15) is 0 Å². The van der Waals surface area contributed by atoms with E-state index in [1.165, 1.54) is 18.2 Å². The highest BCUT2D eigenvalue weighted by Gasteiger charge is 2.31. The van der Waals surface area contributed by atoms with E-state index in [1.807, 2.05) is 0 Å². The average molecular weight is 327 g/mol. The second kappa shape index (κ2) is 7.13. The third kappa shape index (κ3) is 5.28. The molecule has 0 unspecified atom stereocenters. The molecule has 122 valence electrons. The number of amides is 1.